The van der Waals surface area contributed by atoms with Gasteiger partial charge in [-0.05, 0) is 75.8 Å². The zero-order valence-electron chi connectivity index (χ0n) is 20.8. The van der Waals surface area contributed by atoms with Gasteiger partial charge in [-0.1, -0.05) is 67.2 Å². The standard InChI is InChI=1S/C25H50N2O.CH4.2H2O/c1-7-19(2)11-10-14-23-15-16-27(18-25(23,5)6)20(3)24(21(4)28)26-17-22-12-8-9-13-22;;;/h19-24,26,28H,7-18H2,1-6H3;1H4;2*1H2/t19-,20-,21?,23?,24?;;;/m1.../s1. The Labute approximate surface area is 194 Å². The number of likely N-dealkylation sites (tertiary alicyclic amines) is 1. The number of aliphatic hydroxyl groups is 1. The lowest BCUT2D eigenvalue weighted by atomic mass is 9.71. The van der Waals surface area contributed by atoms with Gasteiger partial charge < -0.3 is 21.4 Å². The molecule has 0 amide bonds. The van der Waals surface area contributed by atoms with Gasteiger partial charge in [-0.15, -0.1) is 0 Å². The van der Waals surface area contributed by atoms with Gasteiger partial charge in [0, 0.05) is 18.6 Å². The van der Waals surface area contributed by atoms with Crippen LogP contribution >= 0.6 is 0 Å². The predicted octanol–water partition coefficient (Wildman–Crippen LogP) is 4.46. The van der Waals surface area contributed by atoms with E-state index in [2.05, 4.69) is 44.8 Å². The lowest BCUT2D eigenvalue weighted by Gasteiger charge is -2.48. The molecule has 0 bridgehead atoms. The van der Waals surface area contributed by atoms with Gasteiger partial charge in [-0.2, -0.15) is 0 Å². The molecule has 0 aromatic rings. The largest absolute Gasteiger partial charge is 0.412 e. The SMILES string of the molecule is C.CC[C@@H](C)CCCC1CCN([C@H](C)C(NCC2CCCC2)C(C)O)CC1(C)C.O.O. The smallest absolute Gasteiger partial charge is 0.0680 e. The molecular weight excluding hydrogens is 388 g/mol. The molecule has 5 atom stereocenters. The van der Waals surface area contributed by atoms with E-state index in [9.17, 15) is 5.11 Å². The van der Waals surface area contributed by atoms with Crippen LogP contribution in [0.5, 0.6) is 0 Å². The molecule has 1 saturated carbocycles. The number of rotatable bonds is 11. The third-order valence-corrected chi connectivity index (χ3v) is 8.16. The molecule has 6 N–H and O–H groups in total. The van der Waals surface area contributed by atoms with Crippen molar-refractivity contribution in [3.05, 3.63) is 0 Å². The zero-order chi connectivity index (χ0) is 20.7. The number of piperidine rings is 1. The monoisotopic (exact) mass is 446 g/mol. The van der Waals surface area contributed by atoms with Crippen molar-refractivity contribution in [3.63, 3.8) is 0 Å². The van der Waals surface area contributed by atoms with Crippen LogP contribution in [0.4, 0.5) is 0 Å². The lowest BCUT2D eigenvalue weighted by molar-refractivity contribution is -0.00139. The van der Waals surface area contributed by atoms with E-state index < -0.39 is 0 Å². The van der Waals surface area contributed by atoms with Gasteiger partial charge in [0.25, 0.3) is 0 Å². The van der Waals surface area contributed by atoms with E-state index in [4.69, 9.17) is 0 Å². The Morgan fingerprint density at radius 3 is 2.19 bits per heavy atom. The van der Waals surface area contributed by atoms with E-state index in [1.54, 1.807) is 0 Å². The van der Waals surface area contributed by atoms with Crippen LogP contribution in [0.2, 0.25) is 0 Å². The molecule has 3 unspecified atom stereocenters. The van der Waals surface area contributed by atoms with Crippen molar-refractivity contribution >= 4 is 0 Å². The Kier molecular flexibility index (Phi) is 16.6. The Hall–Kier alpha value is -0.200. The number of aliphatic hydroxyl groups excluding tert-OH is 1. The minimum absolute atomic E-state index is 0. The summed E-state index contributed by atoms with van der Waals surface area (Å²) in [6.07, 6.45) is 12.0. The quantitative estimate of drug-likeness (QED) is 0.490. The Morgan fingerprint density at radius 1 is 1.06 bits per heavy atom. The summed E-state index contributed by atoms with van der Waals surface area (Å²) in [5.41, 5.74) is 0.372. The molecule has 0 aromatic heterocycles. The van der Waals surface area contributed by atoms with Crippen molar-refractivity contribution < 1.29 is 16.1 Å². The first-order valence-electron chi connectivity index (χ1n) is 12.4. The maximum Gasteiger partial charge on any atom is 0.0680 e. The third kappa shape index (κ3) is 10.1. The number of hydrogen-bond acceptors (Lipinski definition) is 3. The first kappa shape index (κ1) is 33.0. The van der Waals surface area contributed by atoms with E-state index in [-0.39, 0.29) is 30.5 Å². The average Bonchev–Trinajstić information content (AvgIpc) is 3.15. The minimum Gasteiger partial charge on any atom is -0.412 e. The van der Waals surface area contributed by atoms with Crippen molar-refractivity contribution in [2.45, 2.75) is 125 Å². The van der Waals surface area contributed by atoms with E-state index in [0.29, 0.717) is 11.5 Å². The highest BCUT2D eigenvalue weighted by atomic mass is 16.3. The summed E-state index contributed by atoms with van der Waals surface area (Å²) >= 11 is 0. The van der Waals surface area contributed by atoms with Crippen LogP contribution in [0.25, 0.3) is 0 Å². The molecule has 1 aliphatic heterocycles. The summed E-state index contributed by atoms with van der Waals surface area (Å²) in [4.78, 5) is 2.66. The fourth-order valence-electron chi connectivity index (χ4n) is 5.73. The summed E-state index contributed by atoms with van der Waals surface area (Å²) in [6.45, 7) is 17.4. The maximum absolute atomic E-state index is 10.5. The maximum atomic E-state index is 10.5. The third-order valence-electron chi connectivity index (χ3n) is 8.16. The molecule has 1 heterocycles. The van der Waals surface area contributed by atoms with Crippen LogP contribution in [0.3, 0.4) is 0 Å². The second kappa shape index (κ2) is 15.6. The fraction of sp³-hybridized carbons (Fsp3) is 1.00. The molecule has 1 saturated heterocycles. The van der Waals surface area contributed by atoms with Crippen LogP contribution < -0.4 is 5.32 Å². The molecule has 190 valence electrons. The van der Waals surface area contributed by atoms with Gasteiger partial charge >= 0.3 is 0 Å². The molecular formula is C26H58N2O3. The first-order valence-corrected chi connectivity index (χ1v) is 12.4. The molecule has 0 radical (unpaired) electrons. The molecule has 0 aromatic carbocycles. The Bertz CT molecular complexity index is 438. The van der Waals surface area contributed by atoms with Gasteiger partial charge in [0.1, 0.15) is 0 Å². The normalized spacial score (nSPS) is 25.5. The summed E-state index contributed by atoms with van der Waals surface area (Å²) in [5, 5.41) is 14.2. The second-order valence-corrected chi connectivity index (χ2v) is 11.0. The highest BCUT2D eigenvalue weighted by molar-refractivity contribution is 4.93. The average molecular weight is 447 g/mol. The van der Waals surface area contributed by atoms with Crippen LogP contribution in [0.1, 0.15) is 107 Å². The zero-order valence-corrected chi connectivity index (χ0v) is 20.8. The van der Waals surface area contributed by atoms with E-state index in [1.807, 2.05) is 6.92 Å². The van der Waals surface area contributed by atoms with E-state index in [1.165, 1.54) is 64.3 Å². The topological polar surface area (TPSA) is 98.5 Å². The van der Waals surface area contributed by atoms with Gasteiger partial charge in [-0.25, -0.2) is 0 Å². The van der Waals surface area contributed by atoms with Crippen LogP contribution in [-0.4, -0.2) is 58.8 Å². The van der Waals surface area contributed by atoms with Crippen molar-refractivity contribution in [1.29, 1.82) is 0 Å². The molecule has 1 aliphatic carbocycles. The second-order valence-electron chi connectivity index (χ2n) is 11.0. The molecule has 31 heavy (non-hydrogen) atoms. The van der Waals surface area contributed by atoms with Crippen molar-refractivity contribution in [1.82, 2.24) is 10.2 Å². The molecule has 0 spiro atoms. The van der Waals surface area contributed by atoms with Crippen LogP contribution in [0, 0.1) is 23.2 Å². The Morgan fingerprint density at radius 2 is 1.68 bits per heavy atom. The lowest BCUT2D eigenvalue weighted by Crippen LogP contribution is -2.58. The predicted molar refractivity (Wildman–Crippen MR) is 136 cm³/mol. The summed E-state index contributed by atoms with van der Waals surface area (Å²) in [7, 11) is 0. The molecule has 5 heteroatoms. The van der Waals surface area contributed by atoms with Crippen molar-refractivity contribution in [3.8, 4) is 0 Å². The van der Waals surface area contributed by atoms with Crippen molar-refractivity contribution in [2.24, 2.45) is 23.2 Å². The van der Waals surface area contributed by atoms with Crippen LogP contribution in [-0.2, 0) is 0 Å². The summed E-state index contributed by atoms with van der Waals surface area (Å²) < 4.78 is 0. The molecule has 2 fully saturated rings. The summed E-state index contributed by atoms with van der Waals surface area (Å²) in [5.74, 6) is 2.54. The highest BCUT2D eigenvalue weighted by Crippen LogP contribution is 2.39. The van der Waals surface area contributed by atoms with E-state index >= 15 is 0 Å². The minimum atomic E-state index is -0.298. The highest BCUT2D eigenvalue weighted by Gasteiger charge is 2.39. The van der Waals surface area contributed by atoms with Crippen LogP contribution in [0.15, 0.2) is 0 Å². The molecule has 2 aliphatic rings. The van der Waals surface area contributed by atoms with Crippen molar-refractivity contribution in [2.75, 3.05) is 19.6 Å². The van der Waals surface area contributed by atoms with Gasteiger partial charge in [-0.3, -0.25) is 4.90 Å². The Balaban J connectivity index is 0. The molecule has 5 nitrogen and oxygen atoms in total. The van der Waals surface area contributed by atoms with Gasteiger partial charge in [0.15, 0.2) is 0 Å². The number of nitrogens with one attached hydrogen (secondary N) is 1. The number of hydrogen-bond donors (Lipinski definition) is 2. The fourth-order valence-corrected chi connectivity index (χ4v) is 5.73. The van der Waals surface area contributed by atoms with E-state index in [0.717, 1.165) is 30.8 Å². The van der Waals surface area contributed by atoms with Gasteiger partial charge in [0.05, 0.1) is 6.10 Å². The molecule has 2 rings (SSSR count). The van der Waals surface area contributed by atoms with Gasteiger partial charge in [0.2, 0.25) is 0 Å². The summed E-state index contributed by atoms with van der Waals surface area (Å²) in [6, 6.07) is 0.570. The number of nitrogens with zero attached hydrogens (tertiary/aromatic N) is 1. The first-order chi connectivity index (χ1) is 13.2.